The number of carbonyl (C=O) groups excluding carboxylic acids is 1. The molecule has 7 heteroatoms. The maximum Gasteiger partial charge on any atom is 0.274 e. The van der Waals surface area contributed by atoms with Gasteiger partial charge in [0.05, 0.1) is 23.5 Å². The molecule has 1 saturated heterocycles. The first-order valence-electron chi connectivity index (χ1n) is 14.4. The van der Waals surface area contributed by atoms with Crippen molar-refractivity contribution in [2.75, 3.05) is 24.5 Å². The molecule has 212 valence electrons. The van der Waals surface area contributed by atoms with E-state index in [1.54, 1.807) is 9.47 Å². The Morgan fingerprint density at radius 2 is 1.86 bits per heavy atom. The lowest BCUT2D eigenvalue weighted by Gasteiger charge is -2.42. The minimum absolute atomic E-state index is 0.0567. The third-order valence-corrected chi connectivity index (χ3v) is 9.02. The minimum Gasteiger partial charge on any atom is -0.373 e. The number of carbonyl (C=O) groups is 1. The van der Waals surface area contributed by atoms with Gasteiger partial charge >= 0.3 is 0 Å². The number of pyridine rings is 1. The monoisotopic (exact) mass is 576 g/mol. The van der Waals surface area contributed by atoms with Crippen LogP contribution in [-0.2, 0) is 17.6 Å². The fourth-order valence-corrected chi connectivity index (χ4v) is 6.67. The van der Waals surface area contributed by atoms with Gasteiger partial charge in [0, 0.05) is 41.6 Å². The van der Waals surface area contributed by atoms with E-state index in [9.17, 15) is 9.59 Å². The predicted octanol–water partition coefficient (Wildman–Crippen LogP) is 7.31. The van der Waals surface area contributed by atoms with Crippen LogP contribution in [0.25, 0.3) is 32.6 Å². The van der Waals surface area contributed by atoms with Crippen LogP contribution in [0.3, 0.4) is 0 Å². The molecule has 2 aliphatic rings. The van der Waals surface area contributed by atoms with Crippen molar-refractivity contribution < 1.29 is 4.79 Å². The molecule has 1 fully saturated rings. The number of hydrogen-bond donors (Lipinski definition) is 0. The SMILES string of the molecule is [C-]#[N+]c1c(N2CCN(C(=O)C=C)C[C@@H]2C)c2cc(Cl)c(-c3ccc4c(c3)CC4)cc2n(-c2ccccc2C(C)C)c1=O. The zero-order valence-corrected chi connectivity index (χ0v) is 24.9. The lowest BCUT2D eigenvalue weighted by atomic mass is 9.86. The number of aryl methyl sites for hydroxylation is 2. The molecule has 3 aromatic carbocycles. The number of para-hydroxylation sites is 1. The molecule has 0 unspecified atom stereocenters. The highest BCUT2D eigenvalue weighted by Gasteiger charge is 2.31. The summed E-state index contributed by atoms with van der Waals surface area (Å²) in [5.74, 6) is 0.0400. The number of anilines is 1. The summed E-state index contributed by atoms with van der Waals surface area (Å²) in [7, 11) is 0. The van der Waals surface area contributed by atoms with Crippen LogP contribution in [0.5, 0.6) is 0 Å². The Morgan fingerprint density at radius 3 is 2.50 bits per heavy atom. The number of hydrogen-bond acceptors (Lipinski definition) is 3. The highest BCUT2D eigenvalue weighted by molar-refractivity contribution is 6.34. The van der Waals surface area contributed by atoms with E-state index in [0.29, 0.717) is 35.9 Å². The summed E-state index contributed by atoms with van der Waals surface area (Å²) < 4.78 is 1.70. The molecule has 42 heavy (non-hydrogen) atoms. The van der Waals surface area contributed by atoms with Crippen LogP contribution in [0.4, 0.5) is 11.4 Å². The van der Waals surface area contributed by atoms with Crippen molar-refractivity contribution in [3.63, 3.8) is 0 Å². The molecule has 2 heterocycles. The average molecular weight is 577 g/mol. The number of nitrogens with zero attached hydrogens (tertiary/aromatic N) is 4. The molecule has 6 nitrogen and oxygen atoms in total. The third kappa shape index (κ3) is 4.49. The molecule has 0 N–H and O–H groups in total. The molecule has 1 aromatic heterocycles. The first-order chi connectivity index (χ1) is 20.2. The van der Waals surface area contributed by atoms with Gasteiger partial charge in [-0.15, -0.1) is 0 Å². The van der Waals surface area contributed by atoms with E-state index < -0.39 is 0 Å². The van der Waals surface area contributed by atoms with Crippen molar-refractivity contribution in [1.82, 2.24) is 9.47 Å². The van der Waals surface area contributed by atoms with Gasteiger partial charge < -0.3 is 9.80 Å². The van der Waals surface area contributed by atoms with Crippen molar-refractivity contribution in [3.8, 4) is 16.8 Å². The van der Waals surface area contributed by atoms with Crippen LogP contribution >= 0.6 is 11.6 Å². The van der Waals surface area contributed by atoms with Gasteiger partial charge in [0.1, 0.15) is 0 Å². The van der Waals surface area contributed by atoms with E-state index in [1.807, 2.05) is 43.3 Å². The molecule has 0 bridgehead atoms. The molecule has 1 aliphatic carbocycles. The summed E-state index contributed by atoms with van der Waals surface area (Å²) in [4.78, 5) is 34.5. The van der Waals surface area contributed by atoms with Gasteiger partial charge in [-0.2, -0.15) is 0 Å². The van der Waals surface area contributed by atoms with Gasteiger partial charge in [0.15, 0.2) is 0 Å². The Hall–Kier alpha value is -4.34. The number of halogens is 1. The maximum atomic E-state index is 14.4. The Bertz CT molecular complexity index is 1870. The molecule has 1 aliphatic heterocycles. The Balaban J connectivity index is 1.65. The molecule has 6 rings (SSSR count). The van der Waals surface area contributed by atoms with Gasteiger partial charge in [0.2, 0.25) is 5.91 Å². The third-order valence-electron chi connectivity index (χ3n) is 8.70. The number of benzene rings is 3. The van der Waals surface area contributed by atoms with Gasteiger partial charge in [-0.3, -0.25) is 14.2 Å². The maximum absolute atomic E-state index is 14.4. The second-order valence-corrected chi connectivity index (χ2v) is 11.9. The zero-order chi connectivity index (χ0) is 29.7. The summed E-state index contributed by atoms with van der Waals surface area (Å²) in [5.41, 5.74) is 7.32. The summed E-state index contributed by atoms with van der Waals surface area (Å²) in [6.07, 6.45) is 3.48. The minimum atomic E-state index is -0.358. The van der Waals surface area contributed by atoms with Crippen LogP contribution in [0.15, 0.2) is 72.0 Å². The van der Waals surface area contributed by atoms with Crippen molar-refractivity contribution in [2.45, 2.75) is 45.6 Å². The van der Waals surface area contributed by atoms with Gasteiger partial charge in [0.25, 0.3) is 11.2 Å². The first kappa shape index (κ1) is 27.8. The normalized spacial score (nSPS) is 16.2. The number of aromatic nitrogens is 1. The Morgan fingerprint density at radius 1 is 1.10 bits per heavy atom. The number of piperazine rings is 1. The smallest absolute Gasteiger partial charge is 0.274 e. The van der Waals surface area contributed by atoms with Crippen molar-refractivity contribution in [2.24, 2.45) is 0 Å². The zero-order valence-electron chi connectivity index (χ0n) is 24.2. The van der Waals surface area contributed by atoms with E-state index >= 15 is 0 Å². The summed E-state index contributed by atoms with van der Waals surface area (Å²) in [6.45, 7) is 19.4. The van der Waals surface area contributed by atoms with E-state index in [0.717, 1.165) is 40.6 Å². The quantitative estimate of drug-likeness (QED) is 0.185. The molecule has 0 radical (unpaired) electrons. The topological polar surface area (TPSA) is 49.9 Å². The summed E-state index contributed by atoms with van der Waals surface area (Å²) in [5, 5.41) is 1.31. The van der Waals surface area contributed by atoms with E-state index in [2.05, 4.69) is 48.4 Å². The van der Waals surface area contributed by atoms with Crippen LogP contribution in [-0.4, -0.2) is 41.1 Å². The molecule has 4 aromatic rings. The number of rotatable bonds is 5. The summed E-state index contributed by atoms with van der Waals surface area (Å²) >= 11 is 7.05. The van der Waals surface area contributed by atoms with Crippen LogP contribution in [0.2, 0.25) is 5.02 Å². The van der Waals surface area contributed by atoms with E-state index in [1.165, 1.54) is 17.2 Å². The molecule has 1 amide bonds. The lowest BCUT2D eigenvalue weighted by molar-refractivity contribution is -0.126. The average Bonchev–Trinajstić information content (AvgIpc) is 2.97. The predicted molar refractivity (Wildman–Crippen MR) is 171 cm³/mol. The van der Waals surface area contributed by atoms with Crippen LogP contribution in [0, 0.1) is 6.57 Å². The molecule has 0 saturated carbocycles. The van der Waals surface area contributed by atoms with Crippen molar-refractivity contribution in [3.05, 3.63) is 111 Å². The first-order valence-corrected chi connectivity index (χ1v) is 14.8. The van der Waals surface area contributed by atoms with E-state index in [-0.39, 0.29) is 29.1 Å². The van der Waals surface area contributed by atoms with Crippen LogP contribution in [0.1, 0.15) is 43.4 Å². The molecule has 0 spiro atoms. The molecular weight excluding hydrogens is 544 g/mol. The second-order valence-electron chi connectivity index (χ2n) is 11.5. The van der Waals surface area contributed by atoms with E-state index in [4.69, 9.17) is 18.2 Å². The van der Waals surface area contributed by atoms with Crippen LogP contribution < -0.4 is 10.5 Å². The van der Waals surface area contributed by atoms with Crippen molar-refractivity contribution >= 4 is 39.8 Å². The Labute approximate surface area is 251 Å². The largest absolute Gasteiger partial charge is 0.373 e. The second kappa shape index (κ2) is 10.8. The molecule has 1 atom stereocenters. The van der Waals surface area contributed by atoms with Gasteiger partial charge in [-0.1, -0.05) is 68.4 Å². The fraction of sp³-hybridized carbons (Fsp3) is 0.286. The number of amides is 1. The number of fused-ring (bicyclic) bond motifs is 2. The standard InChI is InChI=1S/C35H33ClN4O2/c1-6-32(41)38-15-16-39(22(4)20-38)34-28-18-29(36)27(25-14-12-23-11-13-24(23)17-25)19-31(28)40(35(42)33(34)37-5)30-10-8-7-9-26(30)21(2)3/h6-10,12,14,17-19,21-22H,1,11,13,15-16,20H2,2-4H3/t22-/m0/s1. The highest BCUT2D eigenvalue weighted by Crippen LogP contribution is 2.42. The van der Waals surface area contributed by atoms with Crippen molar-refractivity contribution in [1.29, 1.82) is 0 Å². The fourth-order valence-electron chi connectivity index (χ4n) is 6.39. The lowest BCUT2D eigenvalue weighted by Crippen LogP contribution is -2.53. The van der Waals surface area contributed by atoms with Gasteiger partial charge in [-0.05, 0) is 72.2 Å². The highest BCUT2D eigenvalue weighted by atomic mass is 35.5. The Kier molecular flexibility index (Phi) is 7.16. The summed E-state index contributed by atoms with van der Waals surface area (Å²) in [6, 6.07) is 18.1. The van der Waals surface area contributed by atoms with Gasteiger partial charge in [-0.25, -0.2) is 4.85 Å². The molecular formula is C35H33ClN4O2.